The Morgan fingerprint density at radius 2 is 2.00 bits per heavy atom. The molecule has 0 aliphatic rings. The van der Waals surface area contributed by atoms with Crippen LogP contribution < -0.4 is 0 Å². The maximum atomic E-state index is 10.0. The number of halogens is 1. The van der Waals surface area contributed by atoms with E-state index in [4.69, 9.17) is 0 Å². The summed E-state index contributed by atoms with van der Waals surface area (Å²) in [7, 11) is 1.99. The molecule has 0 radical (unpaired) electrons. The minimum Gasteiger partial charge on any atom is -0.393 e. The van der Waals surface area contributed by atoms with Crippen molar-refractivity contribution in [3.8, 4) is 0 Å². The van der Waals surface area contributed by atoms with Crippen LogP contribution in [0.4, 0.5) is 0 Å². The highest BCUT2D eigenvalue weighted by Gasteiger charge is 2.22. The molecule has 1 atom stereocenters. The molecule has 0 aromatic carbocycles. The SMILES string of the molecule is CCc1nn(C)c(CCCC(O)C(C)(C)C)c1Br. The van der Waals surface area contributed by atoms with Gasteiger partial charge in [0, 0.05) is 7.05 Å². The lowest BCUT2D eigenvalue weighted by molar-refractivity contribution is 0.0539. The molecular weight excluding hydrogens is 292 g/mol. The van der Waals surface area contributed by atoms with Gasteiger partial charge in [-0.2, -0.15) is 5.10 Å². The topological polar surface area (TPSA) is 38.0 Å². The van der Waals surface area contributed by atoms with Crippen LogP contribution in [-0.4, -0.2) is 21.0 Å². The van der Waals surface area contributed by atoms with Gasteiger partial charge in [-0.15, -0.1) is 0 Å². The third-order valence-corrected chi connectivity index (χ3v) is 4.31. The zero-order valence-corrected chi connectivity index (χ0v) is 13.7. The summed E-state index contributed by atoms with van der Waals surface area (Å²) in [6.07, 6.45) is 3.48. The minimum absolute atomic E-state index is 0.0295. The van der Waals surface area contributed by atoms with Crippen LogP contribution in [0.3, 0.4) is 0 Å². The van der Waals surface area contributed by atoms with Crippen LogP contribution in [0.25, 0.3) is 0 Å². The Morgan fingerprint density at radius 1 is 1.39 bits per heavy atom. The lowest BCUT2D eigenvalue weighted by Crippen LogP contribution is -2.25. The second-order valence-electron chi connectivity index (χ2n) is 5.96. The van der Waals surface area contributed by atoms with Crippen LogP contribution in [0.1, 0.15) is 51.9 Å². The summed E-state index contributed by atoms with van der Waals surface area (Å²) in [5.41, 5.74) is 2.31. The van der Waals surface area contributed by atoms with Gasteiger partial charge < -0.3 is 5.11 Å². The molecular formula is C14H25BrN2O. The number of aromatic nitrogens is 2. The molecule has 0 fully saturated rings. The third kappa shape index (κ3) is 3.82. The van der Waals surface area contributed by atoms with Crippen molar-refractivity contribution in [2.24, 2.45) is 12.5 Å². The van der Waals surface area contributed by atoms with E-state index in [1.807, 2.05) is 11.7 Å². The fourth-order valence-electron chi connectivity index (χ4n) is 1.99. The Morgan fingerprint density at radius 3 is 2.44 bits per heavy atom. The number of hydrogen-bond acceptors (Lipinski definition) is 2. The molecule has 1 unspecified atom stereocenters. The standard InChI is InChI=1S/C14H25BrN2O/c1-6-10-13(15)11(17(5)16-10)8-7-9-12(18)14(2,3)4/h12,18H,6-9H2,1-5H3. The average molecular weight is 317 g/mol. The van der Waals surface area contributed by atoms with Crippen molar-refractivity contribution in [1.29, 1.82) is 0 Å². The van der Waals surface area contributed by atoms with Gasteiger partial charge in [0.15, 0.2) is 0 Å². The molecule has 3 nitrogen and oxygen atoms in total. The zero-order chi connectivity index (χ0) is 13.9. The Labute approximate surface area is 119 Å². The van der Waals surface area contributed by atoms with Gasteiger partial charge in [-0.25, -0.2) is 0 Å². The second kappa shape index (κ2) is 6.20. The highest BCUT2D eigenvalue weighted by molar-refractivity contribution is 9.10. The lowest BCUT2D eigenvalue weighted by Gasteiger charge is -2.25. The van der Waals surface area contributed by atoms with E-state index in [-0.39, 0.29) is 11.5 Å². The van der Waals surface area contributed by atoms with Gasteiger partial charge >= 0.3 is 0 Å². The smallest absolute Gasteiger partial charge is 0.0766 e. The number of aliphatic hydroxyl groups excluding tert-OH is 1. The second-order valence-corrected chi connectivity index (χ2v) is 6.75. The zero-order valence-electron chi connectivity index (χ0n) is 12.1. The molecule has 1 N–H and O–H groups in total. The summed E-state index contributed by atoms with van der Waals surface area (Å²) in [6.45, 7) is 8.34. The monoisotopic (exact) mass is 316 g/mol. The molecule has 104 valence electrons. The van der Waals surface area contributed by atoms with E-state index in [0.29, 0.717) is 0 Å². The molecule has 0 spiro atoms. The first kappa shape index (κ1) is 15.7. The van der Waals surface area contributed by atoms with Crippen LogP contribution in [0, 0.1) is 5.41 Å². The molecule has 1 rings (SSSR count). The maximum absolute atomic E-state index is 10.0. The Balaban J connectivity index is 2.57. The predicted molar refractivity (Wildman–Crippen MR) is 78.7 cm³/mol. The highest BCUT2D eigenvalue weighted by atomic mass is 79.9. The van der Waals surface area contributed by atoms with Gasteiger partial charge in [0.1, 0.15) is 0 Å². The first-order chi connectivity index (χ1) is 8.27. The van der Waals surface area contributed by atoms with Gasteiger partial charge in [0.05, 0.1) is 22.0 Å². The van der Waals surface area contributed by atoms with Crippen molar-refractivity contribution in [2.45, 2.75) is 59.5 Å². The number of rotatable bonds is 5. The van der Waals surface area contributed by atoms with E-state index in [2.05, 4.69) is 48.7 Å². The summed E-state index contributed by atoms with van der Waals surface area (Å²) in [6, 6.07) is 0. The Bertz CT molecular complexity index is 393. The first-order valence-corrected chi connectivity index (χ1v) is 7.45. The Hall–Kier alpha value is -0.350. The van der Waals surface area contributed by atoms with Gasteiger partial charge in [-0.3, -0.25) is 4.68 Å². The quantitative estimate of drug-likeness (QED) is 0.903. The van der Waals surface area contributed by atoms with Gasteiger partial charge in [0.25, 0.3) is 0 Å². The molecule has 0 saturated carbocycles. The molecule has 4 heteroatoms. The molecule has 0 amide bonds. The van der Waals surface area contributed by atoms with E-state index in [1.165, 1.54) is 5.69 Å². The first-order valence-electron chi connectivity index (χ1n) is 6.65. The molecule has 18 heavy (non-hydrogen) atoms. The largest absolute Gasteiger partial charge is 0.393 e. The number of nitrogens with zero attached hydrogens (tertiary/aromatic N) is 2. The van der Waals surface area contributed by atoms with E-state index in [1.54, 1.807) is 0 Å². The summed E-state index contributed by atoms with van der Waals surface area (Å²) in [5.74, 6) is 0. The molecule has 0 aliphatic carbocycles. The highest BCUT2D eigenvalue weighted by Crippen LogP contribution is 2.26. The molecule has 1 heterocycles. The van der Waals surface area contributed by atoms with E-state index in [9.17, 15) is 5.11 Å². The van der Waals surface area contributed by atoms with Crippen molar-refractivity contribution >= 4 is 15.9 Å². The molecule has 0 saturated heterocycles. The van der Waals surface area contributed by atoms with Crippen LogP contribution in [0.5, 0.6) is 0 Å². The molecule has 0 aliphatic heterocycles. The van der Waals surface area contributed by atoms with Crippen molar-refractivity contribution in [3.05, 3.63) is 15.9 Å². The summed E-state index contributed by atoms with van der Waals surface area (Å²) in [5, 5.41) is 14.5. The minimum atomic E-state index is -0.241. The van der Waals surface area contributed by atoms with E-state index in [0.717, 1.165) is 35.8 Å². The van der Waals surface area contributed by atoms with Crippen molar-refractivity contribution in [3.63, 3.8) is 0 Å². The average Bonchev–Trinajstić information content (AvgIpc) is 2.54. The van der Waals surface area contributed by atoms with Gasteiger partial charge in [0.2, 0.25) is 0 Å². The number of hydrogen-bond donors (Lipinski definition) is 1. The van der Waals surface area contributed by atoms with Crippen molar-refractivity contribution in [1.82, 2.24) is 9.78 Å². The summed E-state index contributed by atoms with van der Waals surface area (Å²) < 4.78 is 3.09. The van der Waals surface area contributed by atoms with Gasteiger partial charge in [-0.05, 0) is 47.0 Å². The van der Waals surface area contributed by atoms with Crippen molar-refractivity contribution < 1.29 is 5.11 Å². The predicted octanol–water partition coefficient (Wildman–Crippen LogP) is 3.47. The number of aliphatic hydroxyl groups is 1. The molecule has 1 aromatic heterocycles. The summed E-state index contributed by atoms with van der Waals surface area (Å²) in [4.78, 5) is 0. The fourth-order valence-corrected chi connectivity index (χ4v) is 2.80. The lowest BCUT2D eigenvalue weighted by atomic mass is 9.86. The number of aryl methyl sites for hydroxylation is 2. The van der Waals surface area contributed by atoms with Crippen LogP contribution in [0.15, 0.2) is 4.47 Å². The fraction of sp³-hybridized carbons (Fsp3) is 0.786. The van der Waals surface area contributed by atoms with Crippen LogP contribution in [0.2, 0.25) is 0 Å². The molecule has 0 bridgehead atoms. The van der Waals surface area contributed by atoms with E-state index < -0.39 is 0 Å². The Kier molecular flexibility index (Phi) is 5.41. The third-order valence-electron chi connectivity index (χ3n) is 3.39. The van der Waals surface area contributed by atoms with Gasteiger partial charge in [-0.1, -0.05) is 27.7 Å². The van der Waals surface area contributed by atoms with Crippen LogP contribution in [-0.2, 0) is 19.9 Å². The normalized spacial score (nSPS) is 13.9. The van der Waals surface area contributed by atoms with Crippen LogP contribution >= 0.6 is 15.9 Å². The van der Waals surface area contributed by atoms with E-state index >= 15 is 0 Å². The summed E-state index contributed by atoms with van der Waals surface area (Å²) >= 11 is 3.62. The maximum Gasteiger partial charge on any atom is 0.0766 e. The molecule has 1 aromatic rings. The van der Waals surface area contributed by atoms with Crippen molar-refractivity contribution in [2.75, 3.05) is 0 Å².